The maximum absolute atomic E-state index is 13.8. The van der Waals surface area contributed by atoms with E-state index in [1.807, 2.05) is 0 Å². The van der Waals surface area contributed by atoms with Crippen molar-refractivity contribution in [1.82, 2.24) is 10.3 Å². The van der Waals surface area contributed by atoms with Crippen LogP contribution in [0.2, 0.25) is 0 Å². The van der Waals surface area contributed by atoms with Crippen LogP contribution in [0.1, 0.15) is 25.1 Å². The van der Waals surface area contributed by atoms with Crippen LogP contribution in [0.25, 0.3) is 0 Å². The molecule has 2 aromatic rings. The van der Waals surface area contributed by atoms with Crippen LogP contribution in [0, 0.1) is 18.7 Å². The first kappa shape index (κ1) is 14.5. The fourth-order valence-electron chi connectivity index (χ4n) is 1.70. The topological polar surface area (TPSA) is 47.3 Å². The van der Waals surface area contributed by atoms with E-state index in [0.717, 1.165) is 12.2 Å². The molecule has 0 aliphatic heterocycles. The molecule has 0 atom stereocenters. The van der Waals surface area contributed by atoms with Crippen LogP contribution in [-0.4, -0.2) is 11.5 Å². The highest BCUT2D eigenvalue weighted by molar-refractivity contribution is 5.31. The van der Waals surface area contributed by atoms with Gasteiger partial charge >= 0.3 is 6.08 Å². The van der Waals surface area contributed by atoms with E-state index in [1.54, 1.807) is 25.1 Å². The minimum Gasteiger partial charge on any atom is -0.417 e. The summed E-state index contributed by atoms with van der Waals surface area (Å²) in [6.07, 6.45) is 1.56. The second-order valence-corrected chi connectivity index (χ2v) is 5.12. The van der Waals surface area contributed by atoms with E-state index in [4.69, 9.17) is 9.15 Å². The molecule has 4 nitrogen and oxygen atoms in total. The number of nitrogens with zero attached hydrogens (tertiary/aromatic N) is 1. The number of benzene rings is 1. The number of nitrogens with one attached hydrogen (secondary N) is 1. The van der Waals surface area contributed by atoms with Gasteiger partial charge in [0.1, 0.15) is 6.26 Å². The van der Waals surface area contributed by atoms with Gasteiger partial charge in [0.25, 0.3) is 0 Å². The molecule has 0 amide bonds. The van der Waals surface area contributed by atoms with Gasteiger partial charge in [0.05, 0.1) is 5.69 Å². The van der Waals surface area contributed by atoms with Gasteiger partial charge in [0, 0.05) is 6.54 Å². The lowest BCUT2D eigenvalue weighted by Crippen LogP contribution is -2.19. The lowest BCUT2D eigenvalue weighted by Gasteiger charge is -2.04. The van der Waals surface area contributed by atoms with Gasteiger partial charge in [-0.05, 0) is 31.0 Å². The summed E-state index contributed by atoms with van der Waals surface area (Å²) in [4.78, 5) is 4.16. The number of aromatic nitrogens is 1. The molecular weight excluding hydrogens is 259 g/mol. The summed E-state index contributed by atoms with van der Waals surface area (Å²) in [5.74, 6) is 0.290. The highest BCUT2D eigenvalue weighted by atomic mass is 19.1. The molecule has 0 unspecified atom stereocenters. The van der Waals surface area contributed by atoms with E-state index in [9.17, 15) is 4.39 Å². The van der Waals surface area contributed by atoms with Crippen molar-refractivity contribution in [3.05, 3.63) is 41.5 Å². The summed E-state index contributed by atoms with van der Waals surface area (Å²) < 4.78 is 24.3. The molecule has 0 radical (unpaired) electrons. The Labute approximate surface area is 118 Å². The number of hydrogen-bond acceptors (Lipinski definition) is 4. The molecule has 0 saturated carbocycles. The van der Waals surface area contributed by atoms with Crippen molar-refractivity contribution in [2.75, 3.05) is 6.54 Å². The predicted molar refractivity (Wildman–Crippen MR) is 74.3 cm³/mol. The van der Waals surface area contributed by atoms with Gasteiger partial charge in [-0.1, -0.05) is 26.0 Å². The Hall–Kier alpha value is -1.88. The lowest BCUT2D eigenvalue weighted by molar-refractivity contribution is 0.317. The molecule has 1 aromatic carbocycles. The Morgan fingerprint density at radius 1 is 1.40 bits per heavy atom. The van der Waals surface area contributed by atoms with Crippen molar-refractivity contribution in [1.29, 1.82) is 0 Å². The van der Waals surface area contributed by atoms with Crippen LogP contribution in [0.3, 0.4) is 0 Å². The largest absolute Gasteiger partial charge is 0.417 e. The molecule has 0 spiro atoms. The van der Waals surface area contributed by atoms with Gasteiger partial charge in [-0.25, -0.2) is 4.39 Å². The zero-order valence-electron chi connectivity index (χ0n) is 11.9. The summed E-state index contributed by atoms with van der Waals surface area (Å²) in [5.41, 5.74) is 1.25. The maximum atomic E-state index is 13.8. The third kappa shape index (κ3) is 3.81. The summed E-state index contributed by atoms with van der Waals surface area (Å²) in [6, 6.07) is 4.95. The van der Waals surface area contributed by atoms with Crippen LogP contribution in [-0.2, 0) is 6.54 Å². The molecular formula is C15H19FN2O2. The first-order valence-electron chi connectivity index (χ1n) is 6.64. The maximum Gasteiger partial charge on any atom is 0.399 e. The van der Waals surface area contributed by atoms with Crippen LogP contribution < -0.4 is 10.1 Å². The minimum absolute atomic E-state index is 0.0517. The molecule has 1 N–H and O–H groups in total. The average molecular weight is 278 g/mol. The molecule has 0 aliphatic rings. The van der Waals surface area contributed by atoms with Gasteiger partial charge in [0.2, 0.25) is 0 Å². The Morgan fingerprint density at radius 2 is 2.20 bits per heavy atom. The lowest BCUT2D eigenvalue weighted by atomic mass is 10.2. The van der Waals surface area contributed by atoms with Crippen LogP contribution in [0.5, 0.6) is 11.8 Å². The zero-order chi connectivity index (χ0) is 14.5. The van der Waals surface area contributed by atoms with Gasteiger partial charge in [-0.15, -0.1) is 0 Å². The smallest absolute Gasteiger partial charge is 0.399 e. The van der Waals surface area contributed by atoms with Crippen molar-refractivity contribution in [2.45, 2.75) is 27.3 Å². The molecule has 0 saturated heterocycles. The zero-order valence-corrected chi connectivity index (χ0v) is 11.9. The molecule has 108 valence electrons. The molecule has 0 fully saturated rings. The Bertz CT molecular complexity index is 567. The number of oxazole rings is 1. The summed E-state index contributed by atoms with van der Waals surface area (Å²) >= 11 is 0. The molecule has 20 heavy (non-hydrogen) atoms. The number of hydrogen-bond donors (Lipinski definition) is 1. The molecule has 1 aromatic heterocycles. The van der Waals surface area contributed by atoms with E-state index in [-0.39, 0.29) is 11.8 Å². The normalized spacial score (nSPS) is 11.1. The van der Waals surface area contributed by atoms with Gasteiger partial charge in [-0.2, -0.15) is 4.98 Å². The van der Waals surface area contributed by atoms with Gasteiger partial charge in [-0.3, -0.25) is 0 Å². The van der Waals surface area contributed by atoms with Crippen molar-refractivity contribution in [3.8, 4) is 11.8 Å². The van der Waals surface area contributed by atoms with E-state index < -0.39 is 5.82 Å². The Morgan fingerprint density at radius 3 is 2.95 bits per heavy atom. The molecule has 5 heteroatoms. The monoisotopic (exact) mass is 278 g/mol. The summed E-state index contributed by atoms with van der Waals surface area (Å²) in [6.45, 7) is 7.44. The van der Waals surface area contributed by atoms with E-state index in [0.29, 0.717) is 18.0 Å². The van der Waals surface area contributed by atoms with Crippen LogP contribution in [0.15, 0.2) is 28.9 Å². The highest BCUT2D eigenvalue weighted by Crippen LogP contribution is 2.25. The van der Waals surface area contributed by atoms with Crippen molar-refractivity contribution >= 4 is 0 Å². The highest BCUT2D eigenvalue weighted by Gasteiger charge is 2.11. The number of aryl methyl sites for hydroxylation is 1. The third-order valence-corrected chi connectivity index (χ3v) is 2.74. The van der Waals surface area contributed by atoms with Gasteiger partial charge in [0.15, 0.2) is 11.6 Å². The summed E-state index contributed by atoms with van der Waals surface area (Å²) in [5, 5.41) is 3.25. The fraction of sp³-hybridized carbons (Fsp3) is 0.400. The van der Waals surface area contributed by atoms with Crippen molar-refractivity contribution in [3.63, 3.8) is 0 Å². The first-order chi connectivity index (χ1) is 9.56. The second-order valence-electron chi connectivity index (χ2n) is 5.12. The average Bonchev–Trinajstić information content (AvgIpc) is 2.82. The van der Waals surface area contributed by atoms with Crippen LogP contribution >= 0.6 is 0 Å². The molecule has 0 aliphatic carbocycles. The van der Waals surface area contributed by atoms with Crippen molar-refractivity contribution in [2.24, 2.45) is 5.92 Å². The second kappa shape index (κ2) is 6.52. The van der Waals surface area contributed by atoms with Crippen molar-refractivity contribution < 1.29 is 13.5 Å². The fourth-order valence-corrected chi connectivity index (χ4v) is 1.70. The number of ether oxygens (including phenoxy) is 1. The Balaban J connectivity index is 1.97. The minimum atomic E-state index is -0.398. The number of halogens is 1. The molecule has 1 heterocycles. The van der Waals surface area contributed by atoms with E-state index in [1.165, 1.54) is 6.26 Å². The third-order valence-electron chi connectivity index (χ3n) is 2.74. The number of rotatable bonds is 6. The predicted octanol–water partition coefficient (Wildman–Crippen LogP) is 3.66. The first-order valence-corrected chi connectivity index (χ1v) is 6.64. The standard InChI is InChI=1S/C15H19FN2O2/c1-10(2)7-17-8-12-9-19-15(18-12)20-13-6-4-5-11(3)14(13)16/h4-6,9-10,17H,7-8H2,1-3H3. The van der Waals surface area contributed by atoms with E-state index >= 15 is 0 Å². The Kier molecular flexibility index (Phi) is 4.74. The van der Waals surface area contributed by atoms with Crippen LogP contribution in [0.4, 0.5) is 4.39 Å². The summed E-state index contributed by atoms with van der Waals surface area (Å²) in [7, 11) is 0. The van der Waals surface area contributed by atoms with Gasteiger partial charge < -0.3 is 14.5 Å². The van der Waals surface area contributed by atoms with E-state index in [2.05, 4.69) is 24.1 Å². The molecule has 0 bridgehead atoms. The quantitative estimate of drug-likeness (QED) is 0.876. The molecule has 2 rings (SSSR count). The SMILES string of the molecule is Cc1cccc(Oc2nc(CNCC(C)C)co2)c1F.